The van der Waals surface area contributed by atoms with Crippen LogP contribution >= 0.6 is 0 Å². The van der Waals surface area contributed by atoms with Crippen LogP contribution in [0.25, 0.3) is 0 Å². The summed E-state index contributed by atoms with van der Waals surface area (Å²) in [7, 11) is 0. The van der Waals surface area contributed by atoms with Crippen molar-refractivity contribution < 1.29 is 22.3 Å². The number of benzene rings is 2. The van der Waals surface area contributed by atoms with E-state index in [4.69, 9.17) is 5.26 Å². The number of anilines is 1. The average molecular weight is 324 g/mol. The molecule has 2 aromatic carbocycles. The Labute approximate surface area is 130 Å². The van der Waals surface area contributed by atoms with Gasteiger partial charge >= 0.3 is 6.18 Å². The number of nitrogens with one attached hydrogen (secondary N) is 1. The zero-order valence-corrected chi connectivity index (χ0v) is 11.8. The highest BCUT2D eigenvalue weighted by atomic mass is 19.4. The van der Waals surface area contributed by atoms with Crippen molar-refractivity contribution in [3.63, 3.8) is 0 Å². The average Bonchev–Trinajstić information content (AvgIpc) is 2.51. The first-order valence-corrected chi connectivity index (χ1v) is 6.59. The van der Waals surface area contributed by atoms with Gasteiger partial charge in [-0.25, -0.2) is 4.39 Å². The fourth-order valence-corrected chi connectivity index (χ4v) is 1.87. The van der Waals surface area contributed by atoms with Crippen molar-refractivity contribution in [3.05, 3.63) is 59.4 Å². The fourth-order valence-electron chi connectivity index (χ4n) is 1.87. The molecule has 2 rings (SSSR count). The molecule has 0 fully saturated rings. The summed E-state index contributed by atoms with van der Waals surface area (Å²) in [5.74, 6) is -0.420. The molecule has 0 saturated heterocycles. The van der Waals surface area contributed by atoms with E-state index < -0.39 is 18.6 Å². The molecule has 3 nitrogen and oxygen atoms in total. The predicted molar refractivity (Wildman–Crippen MR) is 76.4 cm³/mol. The molecule has 0 radical (unpaired) electrons. The van der Waals surface area contributed by atoms with Crippen LogP contribution in [0, 0.1) is 17.1 Å². The molecule has 0 unspecified atom stereocenters. The van der Waals surface area contributed by atoms with Gasteiger partial charge in [0.1, 0.15) is 17.6 Å². The molecule has 0 heterocycles. The fraction of sp³-hybridized carbons (Fsp3) is 0.188. The van der Waals surface area contributed by atoms with Gasteiger partial charge in [0.15, 0.2) is 6.61 Å². The van der Waals surface area contributed by atoms with E-state index in [1.807, 2.05) is 6.07 Å². The summed E-state index contributed by atoms with van der Waals surface area (Å²) in [6.07, 6.45) is -4.40. The van der Waals surface area contributed by atoms with Crippen LogP contribution in [0.3, 0.4) is 0 Å². The summed E-state index contributed by atoms with van der Waals surface area (Å²) >= 11 is 0. The Balaban J connectivity index is 2.03. The lowest BCUT2D eigenvalue weighted by molar-refractivity contribution is -0.153. The lowest BCUT2D eigenvalue weighted by Crippen LogP contribution is -2.19. The van der Waals surface area contributed by atoms with Crippen molar-refractivity contribution in [1.82, 2.24) is 0 Å². The summed E-state index contributed by atoms with van der Waals surface area (Å²) in [6, 6.07) is 11.8. The van der Waals surface area contributed by atoms with Crippen LogP contribution in [0.15, 0.2) is 42.5 Å². The Hall–Kier alpha value is -2.75. The SMILES string of the molecule is N#Cc1cc(F)ccc1NCc1cccc(OCC(F)(F)F)c1. The summed E-state index contributed by atoms with van der Waals surface area (Å²) in [5.41, 5.74) is 1.25. The van der Waals surface area contributed by atoms with Gasteiger partial charge in [0.05, 0.1) is 11.3 Å². The molecule has 0 aliphatic carbocycles. The van der Waals surface area contributed by atoms with Crippen LogP contribution in [0.5, 0.6) is 5.75 Å². The number of halogens is 4. The molecule has 7 heteroatoms. The highest BCUT2D eigenvalue weighted by molar-refractivity contribution is 5.57. The highest BCUT2D eigenvalue weighted by Crippen LogP contribution is 2.21. The highest BCUT2D eigenvalue weighted by Gasteiger charge is 2.28. The zero-order chi connectivity index (χ0) is 16.9. The van der Waals surface area contributed by atoms with E-state index in [1.165, 1.54) is 24.3 Å². The Morgan fingerprint density at radius 2 is 1.91 bits per heavy atom. The quantitative estimate of drug-likeness (QED) is 0.836. The van der Waals surface area contributed by atoms with Gasteiger partial charge in [-0.15, -0.1) is 0 Å². The maximum atomic E-state index is 13.0. The molecule has 0 spiro atoms. The van der Waals surface area contributed by atoms with E-state index >= 15 is 0 Å². The monoisotopic (exact) mass is 324 g/mol. The van der Waals surface area contributed by atoms with Crippen molar-refractivity contribution in [3.8, 4) is 11.8 Å². The first kappa shape index (κ1) is 16.6. The maximum absolute atomic E-state index is 13.0. The van der Waals surface area contributed by atoms with E-state index in [9.17, 15) is 17.6 Å². The molecule has 0 saturated carbocycles. The van der Waals surface area contributed by atoms with Crippen LogP contribution in [0.2, 0.25) is 0 Å². The van der Waals surface area contributed by atoms with Crippen LogP contribution in [-0.2, 0) is 6.54 Å². The number of nitrogens with zero attached hydrogens (tertiary/aromatic N) is 1. The molecule has 2 aromatic rings. The van der Waals surface area contributed by atoms with Crippen LogP contribution < -0.4 is 10.1 Å². The van der Waals surface area contributed by atoms with E-state index in [1.54, 1.807) is 12.1 Å². The first-order valence-electron chi connectivity index (χ1n) is 6.59. The maximum Gasteiger partial charge on any atom is 0.422 e. The van der Waals surface area contributed by atoms with Gasteiger partial charge in [0.2, 0.25) is 0 Å². The van der Waals surface area contributed by atoms with E-state index in [-0.39, 0.29) is 17.9 Å². The van der Waals surface area contributed by atoms with Gasteiger partial charge < -0.3 is 10.1 Å². The molecule has 0 atom stereocenters. The number of rotatable bonds is 5. The summed E-state index contributed by atoms with van der Waals surface area (Å²) in [5, 5.41) is 11.9. The molecule has 0 aliphatic heterocycles. The zero-order valence-electron chi connectivity index (χ0n) is 11.8. The van der Waals surface area contributed by atoms with Gasteiger partial charge in [-0.1, -0.05) is 12.1 Å². The molecule has 1 N–H and O–H groups in total. The Kier molecular flexibility index (Phi) is 5.06. The van der Waals surface area contributed by atoms with Crippen molar-refractivity contribution in [2.75, 3.05) is 11.9 Å². The third kappa shape index (κ3) is 5.18. The molecule has 0 bridgehead atoms. The number of alkyl halides is 3. The van der Waals surface area contributed by atoms with Gasteiger partial charge in [-0.05, 0) is 35.9 Å². The minimum atomic E-state index is -4.40. The van der Waals surface area contributed by atoms with Gasteiger partial charge in [0, 0.05) is 6.54 Å². The third-order valence-electron chi connectivity index (χ3n) is 2.89. The normalized spacial score (nSPS) is 10.9. The number of ether oxygens (including phenoxy) is 1. The predicted octanol–water partition coefficient (Wildman–Crippen LogP) is 4.25. The number of hydrogen-bond acceptors (Lipinski definition) is 3. The number of hydrogen-bond donors (Lipinski definition) is 1. The number of nitriles is 1. The largest absolute Gasteiger partial charge is 0.484 e. The van der Waals surface area contributed by atoms with Crippen molar-refractivity contribution in [2.24, 2.45) is 0 Å². The molecule has 0 aromatic heterocycles. The lowest BCUT2D eigenvalue weighted by Gasteiger charge is -2.11. The first-order chi connectivity index (χ1) is 10.9. The molecule has 0 amide bonds. The minimum absolute atomic E-state index is 0.0984. The van der Waals surface area contributed by atoms with Crippen molar-refractivity contribution in [2.45, 2.75) is 12.7 Å². The topological polar surface area (TPSA) is 45.0 Å². The molecule has 0 aliphatic rings. The van der Waals surface area contributed by atoms with Gasteiger partial charge in [0.25, 0.3) is 0 Å². The lowest BCUT2D eigenvalue weighted by atomic mass is 10.1. The summed E-state index contributed by atoms with van der Waals surface area (Å²) in [6.45, 7) is -1.11. The van der Waals surface area contributed by atoms with E-state index in [2.05, 4.69) is 10.1 Å². The molecule has 23 heavy (non-hydrogen) atoms. The molecule has 120 valence electrons. The van der Waals surface area contributed by atoms with E-state index in [0.29, 0.717) is 11.3 Å². The standard InChI is InChI=1S/C16H12F4N2O/c17-13-4-5-15(12(7-13)8-21)22-9-11-2-1-3-14(6-11)23-10-16(18,19)20/h1-7,22H,9-10H2. The van der Waals surface area contributed by atoms with Crippen LogP contribution in [0.4, 0.5) is 23.2 Å². The van der Waals surface area contributed by atoms with Crippen molar-refractivity contribution >= 4 is 5.69 Å². The minimum Gasteiger partial charge on any atom is -0.484 e. The summed E-state index contributed by atoms with van der Waals surface area (Å²) in [4.78, 5) is 0. The Bertz CT molecular complexity index is 723. The second-order valence-corrected chi connectivity index (χ2v) is 4.71. The van der Waals surface area contributed by atoms with Crippen LogP contribution in [0.1, 0.15) is 11.1 Å². The second-order valence-electron chi connectivity index (χ2n) is 4.71. The van der Waals surface area contributed by atoms with Gasteiger partial charge in [-0.2, -0.15) is 18.4 Å². The van der Waals surface area contributed by atoms with Gasteiger partial charge in [-0.3, -0.25) is 0 Å². The second kappa shape index (κ2) is 7.01. The third-order valence-corrected chi connectivity index (χ3v) is 2.89. The van der Waals surface area contributed by atoms with Crippen molar-refractivity contribution in [1.29, 1.82) is 5.26 Å². The molecular weight excluding hydrogens is 312 g/mol. The smallest absolute Gasteiger partial charge is 0.422 e. The summed E-state index contributed by atoms with van der Waals surface area (Å²) < 4.78 is 54.1. The molecular formula is C16H12F4N2O. The Morgan fingerprint density at radius 1 is 1.13 bits per heavy atom. The Morgan fingerprint density at radius 3 is 2.61 bits per heavy atom. The van der Waals surface area contributed by atoms with E-state index in [0.717, 1.165) is 6.07 Å². The van der Waals surface area contributed by atoms with Crippen LogP contribution in [-0.4, -0.2) is 12.8 Å².